The van der Waals surface area contributed by atoms with Crippen molar-refractivity contribution in [2.24, 2.45) is 11.5 Å². The second-order valence-corrected chi connectivity index (χ2v) is 4.94. The Morgan fingerprint density at radius 3 is 2.28 bits per heavy atom. The van der Waals surface area contributed by atoms with E-state index in [4.69, 9.17) is 16.2 Å². The molecule has 1 heterocycles. The molecule has 1 atom stereocenters. The second kappa shape index (κ2) is 11.9. The molecular weight excluding hydrogens is 228 g/mol. The summed E-state index contributed by atoms with van der Waals surface area (Å²) in [6.45, 7) is 8.53. The Hall–Kier alpha value is -0.200. The van der Waals surface area contributed by atoms with Crippen molar-refractivity contribution in [3.63, 3.8) is 0 Å². The Morgan fingerprint density at radius 2 is 1.83 bits per heavy atom. The van der Waals surface area contributed by atoms with Crippen molar-refractivity contribution in [3.05, 3.63) is 0 Å². The average Bonchev–Trinajstić information content (AvgIpc) is 2.80. The number of nitrogens with zero attached hydrogens (tertiary/aromatic N) is 2. The predicted octanol–water partition coefficient (Wildman–Crippen LogP) is -0.0473. The van der Waals surface area contributed by atoms with E-state index >= 15 is 0 Å². The van der Waals surface area contributed by atoms with Gasteiger partial charge in [-0.15, -0.1) is 0 Å². The van der Waals surface area contributed by atoms with Crippen molar-refractivity contribution >= 4 is 0 Å². The van der Waals surface area contributed by atoms with Gasteiger partial charge in [-0.1, -0.05) is 6.92 Å². The van der Waals surface area contributed by atoms with Gasteiger partial charge < -0.3 is 21.1 Å². The lowest BCUT2D eigenvalue weighted by atomic mass is 10.2. The van der Waals surface area contributed by atoms with Gasteiger partial charge in [0.2, 0.25) is 0 Å². The molecule has 0 radical (unpaired) electrons. The maximum absolute atomic E-state index is 5.64. The van der Waals surface area contributed by atoms with Crippen LogP contribution in [0.15, 0.2) is 0 Å². The van der Waals surface area contributed by atoms with Crippen LogP contribution in [0.3, 0.4) is 0 Å². The molecule has 0 aliphatic carbocycles. The maximum Gasteiger partial charge on any atom is 0.0702 e. The van der Waals surface area contributed by atoms with Crippen LogP contribution in [-0.4, -0.2) is 75.9 Å². The predicted molar refractivity (Wildman–Crippen MR) is 77.8 cm³/mol. The summed E-state index contributed by atoms with van der Waals surface area (Å²) in [5.74, 6) is 0. The van der Waals surface area contributed by atoms with E-state index in [1.807, 2.05) is 6.92 Å². The molecule has 4 N–H and O–H groups in total. The molecule has 0 aromatic heterocycles. The van der Waals surface area contributed by atoms with Crippen LogP contribution >= 0.6 is 0 Å². The lowest BCUT2D eigenvalue weighted by molar-refractivity contribution is 0.0719. The first-order chi connectivity index (χ1) is 8.63. The van der Waals surface area contributed by atoms with Crippen molar-refractivity contribution < 1.29 is 4.74 Å². The van der Waals surface area contributed by atoms with Gasteiger partial charge >= 0.3 is 0 Å². The average molecular weight is 260 g/mol. The minimum absolute atomic E-state index is 0.443. The quantitative estimate of drug-likeness (QED) is 0.672. The summed E-state index contributed by atoms with van der Waals surface area (Å²) in [5.41, 5.74) is 10.5. The summed E-state index contributed by atoms with van der Waals surface area (Å²) in [6, 6.07) is 0. The molecule has 1 rings (SSSR count). The first kappa shape index (κ1) is 17.8. The van der Waals surface area contributed by atoms with Crippen LogP contribution in [0.1, 0.15) is 19.8 Å². The van der Waals surface area contributed by atoms with Gasteiger partial charge in [-0.3, -0.25) is 4.90 Å². The zero-order valence-electron chi connectivity index (χ0n) is 12.4. The number of nitrogens with two attached hydrogens (primary N) is 2. The Kier molecular flexibility index (Phi) is 11.7. The smallest absolute Gasteiger partial charge is 0.0702 e. The molecule has 0 spiro atoms. The second-order valence-electron chi connectivity index (χ2n) is 4.94. The van der Waals surface area contributed by atoms with Gasteiger partial charge in [0.1, 0.15) is 0 Å². The molecular formula is C13H32N4O. The Labute approximate surface area is 112 Å². The van der Waals surface area contributed by atoms with Crippen LogP contribution in [0, 0.1) is 0 Å². The van der Waals surface area contributed by atoms with E-state index in [1.54, 1.807) is 0 Å². The molecule has 110 valence electrons. The van der Waals surface area contributed by atoms with Crippen molar-refractivity contribution in [2.45, 2.75) is 25.9 Å². The molecule has 5 heteroatoms. The SMILES string of the molecule is CCN.CN(C)CCN(CCN)CC1CCCO1. The molecule has 1 unspecified atom stereocenters. The Morgan fingerprint density at radius 1 is 1.17 bits per heavy atom. The monoisotopic (exact) mass is 260 g/mol. The van der Waals surface area contributed by atoms with E-state index in [0.717, 1.165) is 45.9 Å². The first-order valence-corrected chi connectivity index (χ1v) is 7.02. The van der Waals surface area contributed by atoms with Crippen molar-refractivity contribution in [3.8, 4) is 0 Å². The largest absolute Gasteiger partial charge is 0.377 e. The molecule has 0 amide bonds. The molecule has 0 bridgehead atoms. The summed E-state index contributed by atoms with van der Waals surface area (Å²) >= 11 is 0. The number of likely N-dealkylation sites (N-methyl/N-ethyl adjacent to an activating group) is 1. The van der Waals surface area contributed by atoms with Gasteiger partial charge in [-0.2, -0.15) is 0 Å². The fourth-order valence-electron chi connectivity index (χ4n) is 1.89. The van der Waals surface area contributed by atoms with E-state index in [0.29, 0.717) is 6.10 Å². The standard InChI is InChI=1S/C11H25N3O.C2H7N/c1-13(2)7-8-14(6-5-12)10-11-4-3-9-15-11;1-2-3/h11H,3-10,12H2,1-2H3;2-3H2,1H3. The highest BCUT2D eigenvalue weighted by atomic mass is 16.5. The van der Waals surface area contributed by atoms with Crippen LogP contribution in [0.25, 0.3) is 0 Å². The molecule has 18 heavy (non-hydrogen) atoms. The number of rotatable bonds is 7. The first-order valence-electron chi connectivity index (χ1n) is 7.02. The van der Waals surface area contributed by atoms with E-state index in [-0.39, 0.29) is 0 Å². The van der Waals surface area contributed by atoms with Crippen LogP contribution in [-0.2, 0) is 4.74 Å². The third-order valence-electron chi connectivity index (χ3n) is 2.79. The van der Waals surface area contributed by atoms with Crippen LogP contribution < -0.4 is 11.5 Å². The molecule has 1 fully saturated rings. The third kappa shape index (κ3) is 9.79. The van der Waals surface area contributed by atoms with Crippen LogP contribution in [0.4, 0.5) is 0 Å². The van der Waals surface area contributed by atoms with E-state index in [2.05, 4.69) is 23.9 Å². The van der Waals surface area contributed by atoms with E-state index < -0.39 is 0 Å². The fourth-order valence-corrected chi connectivity index (χ4v) is 1.89. The highest BCUT2D eigenvalue weighted by molar-refractivity contribution is 4.71. The Bertz CT molecular complexity index is 172. The maximum atomic E-state index is 5.64. The zero-order chi connectivity index (χ0) is 13.8. The van der Waals surface area contributed by atoms with Gasteiger partial charge in [-0.25, -0.2) is 0 Å². The highest BCUT2D eigenvalue weighted by Gasteiger charge is 2.18. The van der Waals surface area contributed by atoms with Crippen molar-refractivity contribution in [1.82, 2.24) is 9.80 Å². The molecule has 1 saturated heterocycles. The lowest BCUT2D eigenvalue weighted by Crippen LogP contribution is -2.39. The van der Waals surface area contributed by atoms with Gasteiger partial charge in [-0.05, 0) is 33.5 Å². The molecule has 0 saturated carbocycles. The summed E-state index contributed by atoms with van der Waals surface area (Å²) in [6.07, 6.45) is 2.87. The fraction of sp³-hybridized carbons (Fsp3) is 1.00. The molecule has 1 aliphatic heterocycles. The molecule has 0 aromatic rings. The summed E-state index contributed by atoms with van der Waals surface area (Å²) < 4.78 is 5.64. The minimum Gasteiger partial charge on any atom is -0.377 e. The number of hydrogen-bond donors (Lipinski definition) is 2. The lowest BCUT2D eigenvalue weighted by Gasteiger charge is -2.25. The number of hydrogen-bond acceptors (Lipinski definition) is 5. The van der Waals surface area contributed by atoms with E-state index in [9.17, 15) is 0 Å². The van der Waals surface area contributed by atoms with Gasteiger partial charge in [0.05, 0.1) is 6.10 Å². The van der Waals surface area contributed by atoms with Crippen LogP contribution in [0.5, 0.6) is 0 Å². The molecule has 5 nitrogen and oxygen atoms in total. The molecule has 0 aromatic carbocycles. The molecule has 1 aliphatic rings. The van der Waals surface area contributed by atoms with E-state index in [1.165, 1.54) is 12.8 Å². The van der Waals surface area contributed by atoms with Gasteiger partial charge in [0, 0.05) is 39.3 Å². The third-order valence-corrected chi connectivity index (χ3v) is 2.79. The minimum atomic E-state index is 0.443. The van der Waals surface area contributed by atoms with Gasteiger partial charge in [0.25, 0.3) is 0 Å². The van der Waals surface area contributed by atoms with Gasteiger partial charge in [0.15, 0.2) is 0 Å². The topological polar surface area (TPSA) is 67.8 Å². The Balaban J connectivity index is 0.000000873. The summed E-state index contributed by atoms with van der Waals surface area (Å²) in [7, 11) is 4.21. The van der Waals surface area contributed by atoms with Crippen molar-refractivity contribution in [2.75, 3.05) is 60.0 Å². The van der Waals surface area contributed by atoms with Crippen LogP contribution in [0.2, 0.25) is 0 Å². The number of ether oxygens (including phenoxy) is 1. The zero-order valence-corrected chi connectivity index (χ0v) is 12.4. The normalized spacial score (nSPS) is 19.2. The van der Waals surface area contributed by atoms with Crippen molar-refractivity contribution in [1.29, 1.82) is 0 Å². The highest BCUT2D eigenvalue weighted by Crippen LogP contribution is 2.12. The summed E-state index contributed by atoms with van der Waals surface area (Å²) in [5, 5.41) is 0. The summed E-state index contributed by atoms with van der Waals surface area (Å²) in [4.78, 5) is 4.62.